The van der Waals surface area contributed by atoms with Crippen LogP contribution in [0.25, 0.3) is 0 Å². The predicted molar refractivity (Wildman–Crippen MR) is 104 cm³/mol. The zero-order valence-electron chi connectivity index (χ0n) is 15.8. The van der Waals surface area contributed by atoms with Crippen molar-refractivity contribution < 1.29 is 4.79 Å². The van der Waals surface area contributed by atoms with Crippen molar-refractivity contribution in [3.63, 3.8) is 0 Å². The summed E-state index contributed by atoms with van der Waals surface area (Å²) in [5.41, 5.74) is 1.74. The van der Waals surface area contributed by atoms with Crippen molar-refractivity contribution in [2.24, 2.45) is 5.92 Å². The number of hydrogen-bond acceptors (Lipinski definition) is 4. The lowest BCUT2D eigenvalue weighted by Gasteiger charge is -2.30. The van der Waals surface area contributed by atoms with Crippen molar-refractivity contribution in [3.8, 4) is 6.07 Å². The highest BCUT2D eigenvalue weighted by atomic mass is 16.2. The Labute approximate surface area is 157 Å². The van der Waals surface area contributed by atoms with E-state index in [4.69, 9.17) is 0 Å². The number of para-hydroxylation sites is 1. The van der Waals surface area contributed by atoms with Crippen molar-refractivity contribution in [2.45, 2.75) is 45.1 Å². The van der Waals surface area contributed by atoms with Crippen LogP contribution in [0.1, 0.15) is 44.6 Å². The molecular weight excluding hydrogens is 324 g/mol. The Kier molecular flexibility index (Phi) is 6.51. The molecule has 1 saturated carbocycles. The quantitative estimate of drug-likeness (QED) is 0.903. The number of nitrogens with one attached hydrogen (secondary N) is 1. The van der Waals surface area contributed by atoms with Gasteiger partial charge in [-0.25, -0.2) is 0 Å². The molecule has 1 heterocycles. The van der Waals surface area contributed by atoms with Crippen LogP contribution in [-0.4, -0.2) is 49.6 Å². The second-order valence-electron chi connectivity index (χ2n) is 7.68. The number of benzene rings is 1. The molecule has 140 valence electrons. The van der Waals surface area contributed by atoms with Gasteiger partial charge in [-0.05, 0) is 37.3 Å². The normalized spacial score (nSPS) is 24.5. The highest BCUT2D eigenvalue weighted by Crippen LogP contribution is 2.24. The predicted octanol–water partition coefficient (Wildman–Crippen LogP) is 2.77. The Bertz CT molecular complexity index is 654. The van der Waals surface area contributed by atoms with Gasteiger partial charge >= 0.3 is 0 Å². The molecule has 5 heteroatoms. The third-order valence-electron chi connectivity index (χ3n) is 5.78. The average Bonchev–Trinajstić information content (AvgIpc) is 2.89. The summed E-state index contributed by atoms with van der Waals surface area (Å²) in [5, 5.41) is 12.6. The van der Waals surface area contributed by atoms with Crippen LogP contribution in [-0.2, 0) is 4.79 Å². The standard InChI is InChI=1S/C21H30N4O/c1-17-7-2-4-9-19(17)23-21(26)16-24-11-6-12-25(14-13-24)20-10-5-3-8-18(20)15-22/h3,5,8,10,17,19H,2,4,6-7,9,11-14,16H2,1H3,(H,23,26). The first-order valence-electron chi connectivity index (χ1n) is 9.93. The van der Waals surface area contributed by atoms with Crippen molar-refractivity contribution in [1.29, 1.82) is 5.26 Å². The van der Waals surface area contributed by atoms with Gasteiger partial charge in [-0.1, -0.05) is 31.9 Å². The van der Waals surface area contributed by atoms with Gasteiger partial charge in [0.05, 0.1) is 17.8 Å². The van der Waals surface area contributed by atoms with Crippen LogP contribution in [0.3, 0.4) is 0 Å². The lowest BCUT2D eigenvalue weighted by molar-refractivity contribution is -0.123. The maximum absolute atomic E-state index is 12.5. The molecule has 5 nitrogen and oxygen atoms in total. The summed E-state index contributed by atoms with van der Waals surface area (Å²) in [6, 6.07) is 10.4. The third-order valence-corrected chi connectivity index (χ3v) is 5.78. The number of rotatable bonds is 4. The smallest absolute Gasteiger partial charge is 0.234 e. The molecule has 1 aliphatic heterocycles. The second kappa shape index (κ2) is 9.05. The highest BCUT2D eigenvalue weighted by Gasteiger charge is 2.24. The highest BCUT2D eigenvalue weighted by molar-refractivity contribution is 5.78. The van der Waals surface area contributed by atoms with Crippen molar-refractivity contribution in [2.75, 3.05) is 37.6 Å². The van der Waals surface area contributed by atoms with E-state index < -0.39 is 0 Å². The zero-order valence-corrected chi connectivity index (χ0v) is 15.8. The van der Waals surface area contributed by atoms with Gasteiger partial charge < -0.3 is 10.2 Å². The number of carbonyl (C=O) groups excluding carboxylic acids is 1. The summed E-state index contributed by atoms with van der Waals surface area (Å²) < 4.78 is 0. The summed E-state index contributed by atoms with van der Waals surface area (Å²) in [6.45, 7) is 6.30. The molecule has 2 atom stereocenters. The van der Waals surface area contributed by atoms with E-state index in [1.165, 1.54) is 19.3 Å². The van der Waals surface area contributed by atoms with E-state index in [9.17, 15) is 10.1 Å². The van der Waals surface area contributed by atoms with E-state index in [1.54, 1.807) is 0 Å². The maximum atomic E-state index is 12.5. The molecular formula is C21H30N4O. The molecule has 3 rings (SSSR count). The molecule has 2 aliphatic rings. The van der Waals surface area contributed by atoms with Crippen molar-refractivity contribution >= 4 is 11.6 Å². The minimum Gasteiger partial charge on any atom is -0.369 e. The van der Waals surface area contributed by atoms with Gasteiger partial charge in [0.15, 0.2) is 0 Å². The van der Waals surface area contributed by atoms with Crippen LogP contribution in [0.4, 0.5) is 5.69 Å². The Morgan fingerprint density at radius 3 is 2.77 bits per heavy atom. The number of nitrogens with zero attached hydrogens (tertiary/aromatic N) is 3. The number of anilines is 1. The summed E-state index contributed by atoms with van der Waals surface area (Å²) in [7, 11) is 0. The van der Waals surface area contributed by atoms with Crippen LogP contribution in [0.15, 0.2) is 24.3 Å². The van der Waals surface area contributed by atoms with Crippen LogP contribution in [0, 0.1) is 17.2 Å². The monoisotopic (exact) mass is 354 g/mol. The molecule has 1 N–H and O–H groups in total. The van der Waals surface area contributed by atoms with Crippen LogP contribution in [0.2, 0.25) is 0 Å². The topological polar surface area (TPSA) is 59.4 Å². The lowest BCUT2D eigenvalue weighted by atomic mass is 9.86. The molecule has 0 aromatic heterocycles. The average molecular weight is 354 g/mol. The van der Waals surface area contributed by atoms with E-state index >= 15 is 0 Å². The van der Waals surface area contributed by atoms with Gasteiger partial charge in [0.2, 0.25) is 5.91 Å². The first-order valence-corrected chi connectivity index (χ1v) is 9.93. The van der Waals surface area contributed by atoms with Crippen molar-refractivity contribution in [1.82, 2.24) is 10.2 Å². The molecule has 1 aromatic carbocycles. The van der Waals surface area contributed by atoms with Gasteiger partial charge in [-0.3, -0.25) is 9.69 Å². The second-order valence-corrected chi connectivity index (χ2v) is 7.68. The lowest BCUT2D eigenvalue weighted by Crippen LogP contribution is -2.46. The number of carbonyl (C=O) groups is 1. The minimum absolute atomic E-state index is 0.162. The summed E-state index contributed by atoms with van der Waals surface area (Å²) in [5.74, 6) is 0.754. The molecule has 0 spiro atoms. The van der Waals surface area contributed by atoms with Gasteiger partial charge in [0, 0.05) is 32.2 Å². The molecule has 26 heavy (non-hydrogen) atoms. The Balaban J connectivity index is 1.52. The maximum Gasteiger partial charge on any atom is 0.234 e. The van der Waals surface area contributed by atoms with Crippen LogP contribution >= 0.6 is 0 Å². The van der Waals surface area contributed by atoms with E-state index in [1.807, 2.05) is 24.3 Å². The fourth-order valence-corrected chi connectivity index (χ4v) is 4.20. The van der Waals surface area contributed by atoms with Gasteiger partial charge in [0.1, 0.15) is 6.07 Å². The molecule has 0 radical (unpaired) electrons. The van der Waals surface area contributed by atoms with E-state index in [0.29, 0.717) is 18.5 Å². The third kappa shape index (κ3) is 4.76. The summed E-state index contributed by atoms with van der Waals surface area (Å²) >= 11 is 0. The number of amides is 1. The largest absolute Gasteiger partial charge is 0.369 e. The zero-order chi connectivity index (χ0) is 18.4. The minimum atomic E-state index is 0.162. The Hall–Kier alpha value is -2.06. The Morgan fingerprint density at radius 2 is 1.96 bits per heavy atom. The van der Waals surface area contributed by atoms with E-state index in [2.05, 4.69) is 28.1 Å². The molecule has 1 amide bonds. The summed E-state index contributed by atoms with van der Waals surface area (Å²) in [6.07, 6.45) is 5.87. The van der Waals surface area contributed by atoms with E-state index in [0.717, 1.165) is 50.3 Å². The molecule has 2 fully saturated rings. The molecule has 0 bridgehead atoms. The van der Waals surface area contributed by atoms with Crippen LogP contribution < -0.4 is 10.2 Å². The molecule has 1 aromatic rings. The summed E-state index contributed by atoms with van der Waals surface area (Å²) in [4.78, 5) is 17.0. The van der Waals surface area contributed by atoms with Crippen molar-refractivity contribution in [3.05, 3.63) is 29.8 Å². The number of hydrogen-bond donors (Lipinski definition) is 1. The fourth-order valence-electron chi connectivity index (χ4n) is 4.20. The fraction of sp³-hybridized carbons (Fsp3) is 0.619. The first-order chi connectivity index (χ1) is 12.7. The molecule has 1 aliphatic carbocycles. The Morgan fingerprint density at radius 1 is 1.15 bits per heavy atom. The van der Waals surface area contributed by atoms with Gasteiger partial charge in [-0.15, -0.1) is 0 Å². The van der Waals surface area contributed by atoms with E-state index in [-0.39, 0.29) is 5.91 Å². The number of nitriles is 1. The molecule has 1 saturated heterocycles. The van der Waals surface area contributed by atoms with Gasteiger partial charge in [-0.2, -0.15) is 5.26 Å². The SMILES string of the molecule is CC1CCCCC1NC(=O)CN1CCCN(c2ccccc2C#N)CC1. The van der Waals surface area contributed by atoms with Crippen LogP contribution in [0.5, 0.6) is 0 Å². The first kappa shape index (κ1) is 18.7. The molecule has 2 unspecified atom stereocenters. The van der Waals surface area contributed by atoms with Gasteiger partial charge in [0.25, 0.3) is 0 Å².